The van der Waals surface area contributed by atoms with Gasteiger partial charge in [-0.25, -0.2) is 17.5 Å². The molecule has 1 fully saturated rings. The third-order valence-electron chi connectivity index (χ3n) is 5.11. The molecule has 0 aliphatic heterocycles. The minimum atomic E-state index is -3.62. The first-order valence-electron chi connectivity index (χ1n) is 8.34. The molecule has 0 atom stereocenters. The van der Waals surface area contributed by atoms with Gasteiger partial charge in [0.25, 0.3) is 0 Å². The summed E-state index contributed by atoms with van der Waals surface area (Å²) in [5.41, 5.74) is 2.23. The third-order valence-corrected chi connectivity index (χ3v) is 6.93. The molecule has 136 valence electrons. The highest BCUT2D eigenvalue weighted by Crippen LogP contribution is 2.50. The number of hydrogen-bond donors (Lipinski definition) is 2. The number of aromatic nitrogens is 1. The lowest BCUT2D eigenvalue weighted by Gasteiger charge is -2.16. The van der Waals surface area contributed by atoms with Crippen molar-refractivity contribution in [3.05, 3.63) is 64.6 Å². The van der Waals surface area contributed by atoms with E-state index >= 15 is 0 Å². The monoisotopic (exact) mass is 392 g/mol. The summed E-state index contributed by atoms with van der Waals surface area (Å²) in [7, 11) is -3.62. The predicted octanol–water partition coefficient (Wildman–Crippen LogP) is 4.28. The van der Waals surface area contributed by atoms with Crippen molar-refractivity contribution < 1.29 is 12.8 Å². The van der Waals surface area contributed by atoms with Crippen LogP contribution in [0, 0.1) is 12.7 Å². The van der Waals surface area contributed by atoms with Crippen LogP contribution in [0.2, 0.25) is 5.02 Å². The lowest BCUT2D eigenvalue weighted by atomic mass is 9.96. The molecule has 1 aliphatic carbocycles. The molecular weight excluding hydrogens is 375 g/mol. The molecule has 0 amide bonds. The Bertz CT molecular complexity index is 1100. The maximum atomic E-state index is 13.4. The summed E-state index contributed by atoms with van der Waals surface area (Å²) in [5, 5.41) is 1.47. The second-order valence-corrected chi connectivity index (χ2v) is 9.08. The first kappa shape index (κ1) is 17.5. The van der Waals surface area contributed by atoms with E-state index in [1.807, 2.05) is 6.20 Å². The normalized spacial score (nSPS) is 16.1. The molecule has 1 aliphatic rings. The van der Waals surface area contributed by atoms with Crippen molar-refractivity contribution in [2.45, 2.75) is 30.1 Å². The molecule has 26 heavy (non-hydrogen) atoms. The second kappa shape index (κ2) is 6.08. The number of H-pyrrole nitrogens is 1. The standard InChI is InChI=1S/C19H18ClFN2O2S/c1-12-8-14(3-5-17(12)20)26(24,25)23-11-19(6-7-19)16-10-22-18-9-13(21)2-4-15(16)18/h2-5,8-10,22-23H,6-7,11H2,1H3. The van der Waals surface area contributed by atoms with Gasteiger partial charge in [-0.15, -0.1) is 0 Å². The van der Waals surface area contributed by atoms with Crippen LogP contribution in [-0.4, -0.2) is 19.9 Å². The van der Waals surface area contributed by atoms with Gasteiger partial charge in [0, 0.05) is 34.1 Å². The SMILES string of the molecule is Cc1cc(S(=O)(=O)NCC2(c3c[nH]c4cc(F)ccc34)CC2)ccc1Cl. The highest BCUT2D eigenvalue weighted by atomic mass is 35.5. The van der Waals surface area contributed by atoms with Gasteiger partial charge in [-0.3, -0.25) is 0 Å². The number of benzene rings is 2. The van der Waals surface area contributed by atoms with Crippen molar-refractivity contribution in [2.75, 3.05) is 6.54 Å². The number of fused-ring (bicyclic) bond motifs is 1. The van der Waals surface area contributed by atoms with E-state index < -0.39 is 10.0 Å². The molecule has 0 saturated heterocycles. The zero-order chi connectivity index (χ0) is 18.5. The Morgan fingerprint density at radius 1 is 1.23 bits per heavy atom. The molecule has 7 heteroatoms. The van der Waals surface area contributed by atoms with E-state index in [1.165, 1.54) is 18.2 Å². The Hall–Kier alpha value is -1.89. The van der Waals surface area contributed by atoms with E-state index in [0.717, 1.165) is 29.3 Å². The third kappa shape index (κ3) is 3.02. The summed E-state index contributed by atoms with van der Waals surface area (Å²) >= 11 is 5.98. The van der Waals surface area contributed by atoms with E-state index in [2.05, 4.69) is 9.71 Å². The van der Waals surface area contributed by atoms with Crippen LogP contribution >= 0.6 is 11.6 Å². The van der Waals surface area contributed by atoms with Crippen molar-refractivity contribution >= 4 is 32.5 Å². The summed E-state index contributed by atoms with van der Waals surface area (Å²) in [4.78, 5) is 3.29. The van der Waals surface area contributed by atoms with Gasteiger partial charge in [0.1, 0.15) is 5.82 Å². The van der Waals surface area contributed by atoms with Crippen LogP contribution in [0.1, 0.15) is 24.0 Å². The molecule has 0 radical (unpaired) electrons. The zero-order valence-electron chi connectivity index (χ0n) is 14.1. The molecule has 2 aromatic carbocycles. The number of aromatic amines is 1. The van der Waals surface area contributed by atoms with Crippen LogP contribution in [-0.2, 0) is 15.4 Å². The highest BCUT2D eigenvalue weighted by Gasteiger charge is 2.46. The number of hydrogen-bond acceptors (Lipinski definition) is 2. The predicted molar refractivity (Wildman–Crippen MR) is 101 cm³/mol. The van der Waals surface area contributed by atoms with E-state index in [-0.39, 0.29) is 16.1 Å². The van der Waals surface area contributed by atoms with Gasteiger partial charge in [-0.1, -0.05) is 11.6 Å². The quantitative estimate of drug-likeness (QED) is 0.680. The Morgan fingerprint density at radius 2 is 2.00 bits per heavy atom. The maximum absolute atomic E-state index is 13.4. The second-order valence-electron chi connectivity index (χ2n) is 6.91. The Kier molecular flexibility index (Phi) is 4.10. The summed E-state index contributed by atoms with van der Waals surface area (Å²) in [6, 6.07) is 9.29. The molecule has 1 aromatic heterocycles. The van der Waals surface area contributed by atoms with Gasteiger partial charge in [0.2, 0.25) is 10.0 Å². The molecule has 2 N–H and O–H groups in total. The largest absolute Gasteiger partial charge is 0.361 e. The van der Waals surface area contributed by atoms with Gasteiger partial charge >= 0.3 is 0 Å². The molecule has 4 nitrogen and oxygen atoms in total. The summed E-state index contributed by atoms with van der Waals surface area (Å²) < 4.78 is 41.4. The Morgan fingerprint density at radius 3 is 2.69 bits per heavy atom. The van der Waals surface area contributed by atoms with Crippen LogP contribution < -0.4 is 4.72 Å². The number of sulfonamides is 1. The number of rotatable bonds is 5. The summed E-state index contributed by atoms with van der Waals surface area (Å²) in [6.45, 7) is 2.08. The molecule has 1 saturated carbocycles. The van der Waals surface area contributed by atoms with Gasteiger partial charge in [-0.05, 0) is 67.3 Å². The fourth-order valence-corrected chi connectivity index (χ4v) is 4.66. The minimum Gasteiger partial charge on any atom is -0.361 e. The molecule has 0 spiro atoms. The van der Waals surface area contributed by atoms with Crippen molar-refractivity contribution in [3.8, 4) is 0 Å². The maximum Gasteiger partial charge on any atom is 0.240 e. The fraction of sp³-hybridized carbons (Fsp3) is 0.263. The van der Waals surface area contributed by atoms with E-state index in [0.29, 0.717) is 17.1 Å². The molecule has 0 bridgehead atoms. The summed E-state index contributed by atoms with van der Waals surface area (Å²) in [5.74, 6) is -0.297. The lowest BCUT2D eigenvalue weighted by Crippen LogP contribution is -2.32. The summed E-state index contributed by atoms with van der Waals surface area (Å²) in [6.07, 6.45) is 3.64. The van der Waals surface area contributed by atoms with E-state index in [9.17, 15) is 12.8 Å². The first-order chi connectivity index (χ1) is 12.3. The number of nitrogens with one attached hydrogen (secondary N) is 2. The van der Waals surface area contributed by atoms with Crippen molar-refractivity contribution in [1.82, 2.24) is 9.71 Å². The van der Waals surface area contributed by atoms with Crippen LogP contribution in [0.25, 0.3) is 10.9 Å². The average Bonchev–Trinajstić information content (AvgIpc) is 3.27. The molecule has 4 rings (SSSR count). The van der Waals surface area contributed by atoms with Gasteiger partial charge in [0.05, 0.1) is 4.90 Å². The molecular formula is C19H18ClFN2O2S. The fourth-order valence-electron chi connectivity index (χ4n) is 3.33. The van der Waals surface area contributed by atoms with Crippen molar-refractivity contribution in [1.29, 1.82) is 0 Å². The van der Waals surface area contributed by atoms with Crippen LogP contribution in [0.3, 0.4) is 0 Å². The molecule has 0 unspecified atom stereocenters. The first-order valence-corrected chi connectivity index (χ1v) is 10.2. The minimum absolute atomic E-state index is 0.205. The number of aryl methyl sites for hydroxylation is 1. The van der Waals surface area contributed by atoms with E-state index in [1.54, 1.807) is 25.1 Å². The highest BCUT2D eigenvalue weighted by molar-refractivity contribution is 7.89. The van der Waals surface area contributed by atoms with Gasteiger partial charge < -0.3 is 4.98 Å². The number of halogens is 2. The molecule has 3 aromatic rings. The Labute approximate surface area is 156 Å². The van der Waals surface area contributed by atoms with Gasteiger partial charge in [-0.2, -0.15) is 0 Å². The van der Waals surface area contributed by atoms with Crippen molar-refractivity contribution in [3.63, 3.8) is 0 Å². The van der Waals surface area contributed by atoms with Crippen LogP contribution in [0.15, 0.2) is 47.5 Å². The topological polar surface area (TPSA) is 62.0 Å². The molecule has 1 heterocycles. The van der Waals surface area contributed by atoms with Crippen LogP contribution in [0.5, 0.6) is 0 Å². The van der Waals surface area contributed by atoms with E-state index in [4.69, 9.17) is 11.6 Å². The smallest absolute Gasteiger partial charge is 0.240 e. The lowest BCUT2D eigenvalue weighted by molar-refractivity contribution is 0.567. The zero-order valence-corrected chi connectivity index (χ0v) is 15.7. The van der Waals surface area contributed by atoms with Crippen molar-refractivity contribution in [2.24, 2.45) is 0 Å². The Balaban J connectivity index is 1.59. The average molecular weight is 393 g/mol. The van der Waals surface area contributed by atoms with Gasteiger partial charge in [0.15, 0.2) is 0 Å². The van der Waals surface area contributed by atoms with Crippen LogP contribution in [0.4, 0.5) is 4.39 Å².